The van der Waals surface area contributed by atoms with Crippen molar-refractivity contribution in [2.75, 3.05) is 4.90 Å². The van der Waals surface area contributed by atoms with Gasteiger partial charge in [0.05, 0.1) is 11.4 Å². The highest BCUT2D eigenvalue weighted by Crippen LogP contribution is 2.42. The molecule has 0 N–H and O–H groups in total. The van der Waals surface area contributed by atoms with Crippen molar-refractivity contribution in [3.8, 4) is 45.3 Å². The van der Waals surface area contributed by atoms with E-state index in [1.165, 1.54) is 0 Å². The maximum absolute atomic E-state index is 13.3. The molecule has 0 bridgehead atoms. The zero-order valence-corrected chi connectivity index (χ0v) is 22.1. The molecule has 0 atom stereocenters. The van der Waals surface area contributed by atoms with E-state index < -0.39 is 0 Å². The minimum Gasteiger partial charge on any atom is -0.307 e. The van der Waals surface area contributed by atoms with E-state index in [1.807, 2.05) is 138 Å². The molecule has 1 aliphatic heterocycles. The summed E-state index contributed by atoms with van der Waals surface area (Å²) in [5.74, 6) is 1.66. The molecule has 0 aliphatic carbocycles. The van der Waals surface area contributed by atoms with E-state index in [4.69, 9.17) is 15.0 Å². The molecule has 194 valence electrons. The Kier molecular flexibility index (Phi) is 6.02. The van der Waals surface area contributed by atoms with Crippen molar-refractivity contribution in [1.82, 2.24) is 15.0 Å². The zero-order valence-electron chi connectivity index (χ0n) is 22.1. The lowest BCUT2D eigenvalue weighted by atomic mass is 10.0. The SMILES string of the molecule is C=C1C(=O)c2cc(-c3ccccc3)ccc2N1c1cccc(-c2nc(-c3ccccc3)nc(-c3ccccc3)n2)c1. The van der Waals surface area contributed by atoms with Gasteiger partial charge in [-0.1, -0.05) is 116 Å². The summed E-state index contributed by atoms with van der Waals surface area (Å²) in [4.78, 5) is 29.8. The van der Waals surface area contributed by atoms with Crippen LogP contribution in [0.3, 0.4) is 0 Å². The molecule has 5 heteroatoms. The van der Waals surface area contributed by atoms with Crippen LogP contribution in [0, 0.1) is 0 Å². The topological polar surface area (TPSA) is 59.0 Å². The van der Waals surface area contributed by atoms with Crippen LogP contribution < -0.4 is 4.90 Å². The number of rotatable bonds is 5. The molecule has 41 heavy (non-hydrogen) atoms. The number of aromatic nitrogens is 3. The van der Waals surface area contributed by atoms with Crippen molar-refractivity contribution in [2.24, 2.45) is 0 Å². The summed E-state index contributed by atoms with van der Waals surface area (Å²) in [6.07, 6.45) is 0. The van der Waals surface area contributed by atoms with Gasteiger partial charge in [-0.2, -0.15) is 0 Å². The maximum Gasteiger partial charge on any atom is 0.211 e. The Morgan fingerprint density at radius 3 is 1.59 bits per heavy atom. The van der Waals surface area contributed by atoms with Crippen molar-refractivity contribution < 1.29 is 4.79 Å². The molecule has 7 rings (SSSR count). The summed E-state index contributed by atoms with van der Waals surface area (Å²) in [5, 5.41) is 0. The molecule has 0 unspecified atom stereocenters. The first-order valence-corrected chi connectivity index (χ1v) is 13.4. The van der Waals surface area contributed by atoms with Gasteiger partial charge in [0.1, 0.15) is 0 Å². The second kappa shape index (κ2) is 10.1. The predicted molar refractivity (Wildman–Crippen MR) is 164 cm³/mol. The Morgan fingerprint density at radius 2 is 1.00 bits per heavy atom. The van der Waals surface area contributed by atoms with Crippen molar-refractivity contribution in [3.63, 3.8) is 0 Å². The fourth-order valence-corrected chi connectivity index (χ4v) is 5.14. The molecule has 1 aromatic heterocycles. The summed E-state index contributed by atoms with van der Waals surface area (Å²) < 4.78 is 0. The Labute approximate surface area is 238 Å². The number of carbonyl (C=O) groups is 1. The number of hydrogen-bond donors (Lipinski definition) is 0. The summed E-state index contributed by atoms with van der Waals surface area (Å²) >= 11 is 0. The first-order chi connectivity index (χ1) is 20.2. The number of nitrogens with zero attached hydrogens (tertiary/aromatic N) is 4. The van der Waals surface area contributed by atoms with Gasteiger partial charge in [-0.05, 0) is 35.4 Å². The molecule has 0 amide bonds. The van der Waals surface area contributed by atoms with E-state index in [1.54, 1.807) is 0 Å². The van der Waals surface area contributed by atoms with Crippen LogP contribution in [0.2, 0.25) is 0 Å². The minimum atomic E-state index is -0.0823. The van der Waals surface area contributed by atoms with E-state index in [0.29, 0.717) is 28.7 Å². The number of ketones is 1. The average molecular weight is 529 g/mol. The van der Waals surface area contributed by atoms with Crippen molar-refractivity contribution >= 4 is 17.2 Å². The zero-order chi connectivity index (χ0) is 27.8. The Morgan fingerprint density at radius 1 is 0.488 bits per heavy atom. The van der Waals surface area contributed by atoms with Crippen LogP contribution in [-0.2, 0) is 0 Å². The van der Waals surface area contributed by atoms with Gasteiger partial charge in [0.2, 0.25) is 5.78 Å². The van der Waals surface area contributed by atoms with Crippen LogP contribution in [-0.4, -0.2) is 20.7 Å². The Bertz CT molecular complexity index is 1860. The highest BCUT2D eigenvalue weighted by atomic mass is 16.1. The van der Waals surface area contributed by atoms with Gasteiger partial charge < -0.3 is 4.90 Å². The third-order valence-corrected chi connectivity index (χ3v) is 7.18. The van der Waals surface area contributed by atoms with E-state index in [0.717, 1.165) is 39.2 Å². The lowest BCUT2D eigenvalue weighted by molar-refractivity contribution is 0.104. The molecule has 0 saturated heterocycles. The van der Waals surface area contributed by atoms with Crippen LogP contribution in [0.1, 0.15) is 10.4 Å². The van der Waals surface area contributed by atoms with Crippen LogP contribution in [0.15, 0.2) is 146 Å². The second-order valence-corrected chi connectivity index (χ2v) is 9.80. The van der Waals surface area contributed by atoms with Gasteiger partial charge in [-0.3, -0.25) is 4.79 Å². The molecular formula is C36H24N4O. The molecule has 0 saturated carbocycles. The first-order valence-electron chi connectivity index (χ1n) is 13.4. The number of carbonyl (C=O) groups excluding carboxylic acids is 1. The highest BCUT2D eigenvalue weighted by molar-refractivity contribution is 6.21. The summed E-state index contributed by atoms with van der Waals surface area (Å²) in [6, 6.07) is 43.7. The van der Waals surface area contributed by atoms with Crippen molar-refractivity contribution in [1.29, 1.82) is 0 Å². The van der Waals surface area contributed by atoms with Gasteiger partial charge >= 0.3 is 0 Å². The van der Waals surface area contributed by atoms with Gasteiger partial charge in [-0.25, -0.2) is 15.0 Å². The largest absolute Gasteiger partial charge is 0.307 e. The summed E-state index contributed by atoms with van der Waals surface area (Å²) in [7, 11) is 0. The molecule has 6 aromatic rings. The van der Waals surface area contributed by atoms with E-state index in [-0.39, 0.29) is 5.78 Å². The Balaban J connectivity index is 1.32. The van der Waals surface area contributed by atoms with E-state index in [9.17, 15) is 4.79 Å². The monoisotopic (exact) mass is 528 g/mol. The average Bonchev–Trinajstić information content (AvgIpc) is 3.30. The molecule has 0 radical (unpaired) electrons. The fraction of sp³-hybridized carbons (Fsp3) is 0. The van der Waals surface area contributed by atoms with Crippen molar-refractivity contribution in [3.05, 3.63) is 151 Å². The molecule has 0 fully saturated rings. The molecule has 5 nitrogen and oxygen atoms in total. The summed E-state index contributed by atoms with van der Waals surface area (Å²) in [5.41, 5.74) is 7.36. The van der Waals surface area contributed by atoms with E-state index in [2.05, 4.69) is 6.58 Å². The third-order valence-electron chi connectivity index (χ3n) is 7.18. The standard InChI is InChI=1S/C36H24N4O/c1-24-33(41)31-23-28(25-12-5-2-6-13-25)20-21-32(31)40(24)30-19-11-18-29(22-30)36-38-34(26-14-7-3-8-15-26)37-35(39-36)27-16-9-4-10-17-27/h2-23H,1H2. The quantitative estimate of drug-likeness (QED) is 0.210. The van der Waals surface area contributed by atoms with Crippen LogP contribution in [0.4, 0.5) is 11.4 Å². The second-order valence-electron chi connectivity index (χ2n) is 9.80. The summed E-state index contributed by atoms with van der Waals surface area (Å²) in [6.45, 7) is 4.16. The van der Waals surface area contributed by atoms with Gasteiger partial charge in [0, 0.05) is 27.9 Å². The first kappa shape index (κ1) is 24.4. The molecular weight excluding hydrogens is 504 g/mol. The predicted octanol–water partition coefficient (Wildman–Crippen LogP) is 8.39. The lowest BCUT2D eigenvalue weighted by Gasteiger charge is -2.21. The number of benzene rings is 5. The highest BCUT2D eigenvalue weighted by Gasteiger charge is 2.32. The molecule has 1 aliphatic rings. The maximum atomic E-state index is 13.3. The van der Waals surface area contributed by atoms with Crippen LogP contribution in [0.25, 0.3) is 45.3 Å². The smallest absolute Gasteiger partial charge is 0.211 e. The molecule has 5 aromatic carbocycles. The normalized spacial score (nSPS) is 12.4. The Hall–Kier alpha value is -5.68. The number of fused-ring (bicyclic) bond motifs is 1. The van der Waals surface area contributed by atoms with Crippen molar-refractivity contribution in [2.45, 2.75) is 0 Å². The number of anilines is 2. The van der Waals surface area contributed by atoms with Crippen LogP contribution in [0.5, 0.6) is 0 Å². The van der Waals surface area contributed by atoms with Crippen LogP contribution >= 0.6 is 0 Å². The minimum absolute atomic E-state index is 0.0823. The molecule has 2 heterocycles. The lowest BCUT2D eigenvalue weighted by Crippen LogP contribution is -2.13. The molecule has 0 spiro atoms. The fourth-order valence-electron chi connectivity index (χ4n) is 5.14. The van der Waals surface area contributed by atoms with Gasteiger partial charge in [0.25, 0.3) is 0 Å². The van der Waals surface area contributed by atoms with Gasteiger partial charge in [-0.15, -0.1) is 0 Å². The van der Waals surface area contributed by atoms with Gasteiger partial charge in [0.15, 0.2) is 17.5 Å². The van der Waals surface area contributed by atoms with E-state index >= 15 is 0 Å². The number of Topliss-reactive ketones (excluding diaryl/α,β-unsaturated/α-hetero) is 1. The number of hydrogen-bond acceptors (Lipinski definition) is 5. The third kappa shape index (κ3) is 4.49. The number of allylic oxidation sites excluding steroid dienone is 1.